The van der Waals surface area contributed by atoms with Crippen molar-refractivity contribution in [2.75, 3.05) is 54.9 Å². The molecule has 7 nitrogen and oxygen atoms in total. The molecule has 0 bridgehead atoms. The fraction of sp³-hybridized carbons (Fsp3) is 0.435. The van der Waals surface area contributed by atoms with Crippen molar-refractivity contribution in [3.05, 3.63) is 48.0 Å². The number of nitrogens with one attached hydrogen (secondary N) is 2. The van der Waals surface area contributed by atoms with Crippen molar-refractivity contribution in [3.63, 3.8) is 0 Å². The monoisotopic (exact) mass is 474 g/mol. The lowest BCUT2D eigenvalue weighted by atomic mass is 10.1. The molecule has 2 aliphatic rings. The number of aryl methyl sites for hydroxylation is 1. The highest BCUT2D eigenvalue weighted by Gasteiger charge is 2.28. The summed E-state index contributed by atoms with van der Waals surface area (Å²) in [5.74, 6) is 0. The van der Waals surface area contributed by atoms with E-state index in [-0.39, 0.29) is 4.90 Å². The van der Waals surface area contributed by atoms with Gasteiger partial charge in [0, 0.05) is 31.9 Å². The van der Waals surface area contributed by atoms with Gasteiger partial charge in [-0.05, 0) is 74.3 Å². The predicted molar refractivity (Wildman–Crippen MR) is 133 cm³/mol. The zero-order valence-electron chi connectivity index (χ0n) is 18.3. The number of anilines is 3. The van der Waals surface area contributed by atoms with E-state index in [1.165, 1.54) is 10.7 Å². The first-order valence-electron chi connectivity index (χ1n) is 11.0. The van der Waals surface area contributed by atoms with Crippen molar-refractivity contribution in [2.45, 2.75) is 31.1 Å². The Bertz CT molecular complexity index is 1060. The van der Waals surface area contributed by atoms with E-state index < -0.39 is 10.0 Å². The molecule has 0 atom stereocenters. The van der Waals surface area contributed by atoms with Crippen LogP contribution in [-0.2, 0) is 14.8 Å². The molecule has 2 saturated heterocycles. The van der Waals surface area contributed by atoms with E-state index in [1.54, 1.807) is 12.1 Å². The summed E-state index contributed by atoms with van der Waals surface area (Å²) in [7, 11) is -3.60. The van der Waals surface area contributed by atoms with Crippen molar-refractivity contribution in [1.29, 1.82) is 0 Å². The Morgan fingerprint density at radius 2 is 1.72 bits per heavy atom. The van der Waals surface area contributed by atoms with E-state index >= 15 is 0 Å². The summed E-state index contributed by atoms with van der Waals surface area (Å²) in [5.41, 5.74) is 3.69. The van der Waals surface area contributed by atoms with Gasteiger partial charge in [0.1, 0.15) is 0 Å². The van der Waals surface area contributed by atoms with Crippen LogP contribution >= 0.6 is 12.2 Å². The number of thiocarbonyl (C=S) groups is 1. The highest BCUT2D eigenvalue weighted by molar-refractivity contribution is 7.89. The molecular formula is C23H30N4O3S2. The molecule has 0 aliphatic carbocycles. The van der Waals surface area contributed by atoms with Crippen LogP contribution in [0.2, 0.25) is 0 Å². The van der Waals surface area contributed by atoms with E-state index in [0.717, 1.165) is 42.9 Å². The number of benzene rings is 2. The highest BCUT2D eigenvalue weighted by atomic mass is 32.2. The molecule has 9 heteroatoms. The second-order valence-corrected chi connectivity index (χ2v) is 10.5. The number of rotatable bonds is 5. The zero-order valence-corrected chi connectivity index (χ0v) is 20.0. The van der Waals surface area contributed by atoms with Crippen LogP contribution in [0.4, 0.5) is 17.1 Å². The van der Waals surface area contributed by atoms with Crippen molar-refractivity contribution >= 4 is 44.4 Å². The Morgan fingerprint density at radius 3 is 2.44 bits per heavy atom. The summed E-state index contributed by atoms with van der Waals surface area (Å²) in [6.07, 6.45) is 3.47. The third-order valence-corrected chi connectivity index (χ3v) is 7.90. The van der Waals surface area contributed by atoms with Gasteiger partial charge in [-0.15, -0.1) is 0 Å². The number of nitrogens with zero attached hydrogens (tertiary/aromatic N) is 2. The van der Waals surface area contributed by atoms with E-state index in [2.05, 4.69) is 15.5 Å². The van der Waals surface area contributed by atoms with E-state index in [9.17, 15) is 8.42 Å². The topological polar surface area (TPSA) is 73.9 Å². The summed E-state index contributed by atoms with van der Waals surface area (Å²) in [6, 6.07) is 13.3. The highest BCUT2D eigenvalue weighted by Crippen LogP contribution is 2.32. The minimum Gasteiger partial charge on any atom is -0.379 e. The van der Waals surface area contributed by atoms with Gasteiger partial charge in [-0.2, -0.15) is 4.31 Å². The van der Waals surface area contributed by atoms with E-state index in [1.807, 2.05) is 37.3 Å². The van der Waals surface area contributed by atoms with Gasteiger partial charge < -0.3 is 20.3 Å². The zero-order chi connectivity index (χ0) is 22.6. The Labute approximate surface area is 195 Å². The fourth-order valence-electron chi connectivity index (χ4n) is 4.13. The molecule has 172 valence electrons. The van der Waals surface area contributed by atoms with Crippen LogP contribution in [-0.4, -0.2) is 57.2 Å². The molecule has 0 amide bonds. The number of sulfonamides is 1. The Balaban J connectivity index is 1.62. The molecule has 2 aliphatic heterocycles. The quantitative estimate of drug-likeness (QED) is 0.638. The summed E-state index contributed by atoms with van der Waals surface area (Å²) in [5, 5.41) is 6.90. The maximum Gasteiger partial charge on any atom is 0.243 e. The van der Waals surface area contributed by atoms with Gasteiger partial charge in [0.05, 0.1) is 29.5 Å². The number of hydrogen-bond acceptors (Lipinski definition) is 5. The molecule has 2 fully saturated rings. The van der Waals surface area contributed by atoms with Crippen molar-refractivity contribution in [2.24, 2.45) is 0 Å². The van der Waals surface area contributed by atoms with E-state index in [0.29, 0.717) is 37.1 Å². The largest absolute Gasteiger partial charge is 0.379 e. The van der Waals surface area contributed by atoms with Crippen LogP contribution < -0.4 is 15.5 Å². The number of morpholine rings is 1. The molecular weight excluding hydrogens is 444 g/mol. The van der Waals surface area contributed by atoms with Crippen molar-refractivity contribution < 1.29 is 13.2 Å². The minimum atomic E-state index is -3.60. The molecule has 4 rings (SSSR count). The molecule has 0 aromatic heterocycles. The second-order valence-electron chi connectivity index (χ2n) is 8.19. The molecule has 2 aromatic carbocycles. The molecule has 0 saturated carbocycles. The maximum atomic E-state index is 13.2. The number of piperidine rings is 1. The van der Waals surface area contributed by atoms with Crippen molar-refractivity contribution in [3.8, 4) is 0 Å². The van der Waals surface area contributed by atoms with E-state index in [4.69, 9.17) is 17.0 Å². The van der Waals surface area contributed by atoms with Gasteiger partial charge in [-0.25, -0.2) is 8.42 Å². The Hall–Kier alpha value is -2.20. The first-order valence-corrected chi connectivity index (χ1v) is 12.9. The fourth-order valence-corrected chi connectivity index (χ4v) is 5.79. The number of hydrogen-bond donors (Lipinski definition) is 2. The summed E-state index contributed by atoms with van der Waals surface area (Å²) < 4.78 is 33.2. The average Bonchev–Trinajstić information content (AvgIpc) is 2.80. The maximum absolute atomic E-state index is 13.2. The SMILES string of the molecule is Cc1cccc(NC(=S)Nc2cc(S(=O)(=O)N3CCOCC3)ccc2N2CCCCC2)c1. The van der Waals surface area contributed by atoms with Crippen LogP contribution in [0.25, 0.3) is 0 Å². The average molecular weight is 475 g/mol. The van der Waals surface area contributed by atoms with Crippen LogP contribution in [0.1, 0.15) is 24.8 Å². The van der Waals surface area contributed by atoms with Crippen LogP contribution in [0.3, 0.4) is 0 Å². The third kappa shape index (κ3) is 5.40. The van der Waals surface area contributed by atoms with Gasteiger partial charge in [0.15, 0.2) is 5.11 Å². The van der Waals surface area contributed by atoms with Crippen LogP contribution in [0.5, 0.6) is 0 Å². The minimum absolute atomic E-state index is 0.265. The molecule has 0 unspecified atom stereocenters. The van der Waals surface area contributed by atoms with Crippen LogP contribution in [0, 0.1) is 6.92 Å². The molecule has 2 aromatic rings. The van der Waals surface area contributed by atoms with Crippen LogP contribution in [0.15, 0.2) is 47.4 Å². The summed E-state index contributed by atoms with van der Waals surface area (Å²) in [6.45, 7) is 5.49. The lowest BCUT2D eigenvalue weighted by Crippen LogP contribution is -2.40. The number of ether oxygens (including phenoxy) is 1. The third-order valence-electron chi connectivity index (χ3n) is 5.80. The molecule has 2 heterocycles. The standard InChI is InChI=1S/C23H30N4O3S2/c1-18-6-5-7-19(16-18)24-23(31)25-21-17-20(32(28,29)27-12-14-30-15-13-27)8-9-22(21)26-10-3-2-4-11-26/h5-9,16-17H,2-4,10-15H2,1H3,(H2,24,25,31). The van der Waals surface area contributed by atoms with Gasteiger partial charge in [-0.3, -0.25) is 0 Å². The second kappa shape index (κ2) is 10.2. The lowest BCUT2D eigenvalue weighted by Gasteiger charge is -2.31. The van der Waals surface area contributed by atoms with Gasteiger partial charge >= 0.3 is 0 Å². The Morgan fingerprint density at radius 1 is 0.969 bits per heavy atom. The predicted octanol–water partition coefficient (Wildman–Crippen LogP) is 3.82. The molecule has 32 heavy (non-hydrogen) atoms. The lowest BCUT2D eigenvalue weighted by molar-refractivity contribution is 0.0730. The van der Waals surface area contributed by atoms with Crippen molar-refractivity contribution in [1.82, 2.24) is 4.31 Å². The molecule has 0 spiro atoms. The first-order chi connectivity index (χ1) is 15.4. The summed E-state index contributed by atoms with van der Waals surface area (Å²) in [4.78, 5) is 2.56. The Kier molecular flexibility index (Phi) is 7.30. The van der Waals surface area contributed by atoms with Gasteiger partial charge in [-0.1, -0.05) is 12.1 Å². The normalized spacial score (nSPS) is 17.7. The van der Waals surface area contributed by atoms with Gasteiger partial charge in [0.2, 0.25) is 10.0 Å². The first kappa shape index (κ1) is 23.0. The summed E-state index contributed by atoms with van der Waals surface area (Å²) >= 11 is 5.57. The smallest absolute Gasteiger partial charge is 0.243 e. The molecule has 0 radical (unpaired) electrons. The molecule has 2 N–H and O–H groups in total. The van der Waals surface area contributed by atoms with Gasteiger partial charge in [0.25, 0.3) is 0 Å².